The summed E-state index contributed by atoms with van der Waals surface area (Å²) in [5.41, 5.74) is 0.352. The summed E-state index contributed by atoms with van der Waals surface area (Å²) in [6.07, 6.45) is 2.46. The Morgan fingerprint density at radius 3 is 2.88 bits per heavy atom. The van der Waals surface area contributed by atoms with Crippen molar-refractivity contribution in [2.24, 2.45) is 0 Å². The first kappa shape index (κ1) is 11.8. The number of nitrogens with zero attached hydrogens (tertiary/aromatic N) is 3. The van der Waals surface area contributed by atoms with Crippen LogP contribution in [0.2, 0.25) is 0 Å². The molecule has 1 aromatic rings. The molecular formula is C10H11N3O3S. The summed E-state index contributed by atoms with van der Waals surface area (Å²) >= 11 is 0. The number of hydrogen-bond acceptors (Lipinski definition) is 5. The molecule has 0 radical (unpaired) electrons. The van der Waals surface area contributed by atoms with Gasteiger partial charge in [-0.15, -0.1) is 0 Å². The van der Waals surface area contributed by atoms with E-state index >= 15 is 0 Å². The second kappa shape index (κ2) is 4.31. The zero-order valence-electron chi connectivity index (χ0n) is 9.20. The first-order valence-electron chi connectivity index (χ1n) is 4.97. The number of pyridine rings is 1. The van der Waals surface area contributed by atoms with Crippen LogP contribution in [0.1, 0.15) is 5.56 Å². The molecule has 0 amide bonds. The van der Waals surface area contributed by atoms with Gasteiger partial charge in [-0.1, -0.05) is 0 Å². The van der Waals surface area contributed by atoms with Crippen molar-refractivity contribution >= 4 is 10.0 Å². The Balaban J connectivity index is 1.99. The van der Waals surface area contributed by atoms with Gasteiger partial charge in [0.05, 0.1) is 19.3 Å². The number of sulfonamides is 1. The molecule has 1 aliphatic heterocycles. The minimum atomic E-state index is -3.14. The van der Waals surface area contributed by atoms with E-state index in [-0.39, 0.29) is 12.0 Å². The smallest absolute Gasteiger partial charge is 0.232 e. The fraction of sp³-hybridized carbons (Fsp3) is 0.400. The number of aromatic nitrogens is 1. The zero-order chi connectivity index (χ0) is 12.5. The number of hydrogen-bond donors (Lipinski definition) is 0. The Hall–Kier alpha value is -1.65. The lowest BCUT2D eigenvalue weighted by atomic mass is 10.2. The first-order chi connectivity index (χ1) is 8.00. The molecule has 1 aromatic heterocycles. The molecule has 0 aliphatic carbocycles. The van der Waals surface area contributed by atoms with Crippen LogP contribution in [0, 0.1) is 11.3 Å². The Kier molecular flexibility index (Phi) is 3.00. The molecule has 6 nitrogen and oxygen atoms in total. The lowest BCUT2D eigenvalue weighted by molar-refractivity contribution is 0.0723. The fourth-order valence-corrected chi connectivity index (χ4v) is 2.35. The van der Waals surface area contributed by atoms with E-state index in [0.717, 1.165) is 6.26 Å². The third kappa shape index (κ3) is 2.54. The highest BCUT2D eigenvalue weighted by atomic mass is 32.2. The van der Waals surface area contributed by atoms with Gasteiger partial charge in [-0.3, -0.25) is 0 Å². The second-order valence-electron chi connectivity index (χ2n) is 3.79. The number of rotatable bonds is 3. The van der Waals surface area contributed by atoms with E-state index in [1.54, 1.807) is 12.1 Å². The maximum atomic E-state index is 11.1. The van der Waals surface area contributed by atoms with Crippen molar-refractivity contribution < 1.29 is 13.2 Å². The predicted molar refractivity (Wildman–Crippen MR) is 59.8 cm³/mol. The van der Waals surface area contributed by atoms with E-state index in [2.05, 4.69) is 4.98 Å². The highest BCUT2D eigenvalue weighted by Gasteiger charge is 2.35. The standard InChI is InChI=1S/C10H11N3O3S/c1-17(14,15)13-6-9(7-13)16-10-8(5-11)3-2-4-12-10/h2-4,9H,6-7H2,1H3. The van der Waals surface area contributed by atoms with Crippen LogP contribution < -0.4 is 4.74 Å². The summed E-state index contributed by atoms with van der Waals surface area (Å²) in [6, 6.07) is 5.23. The van der Waals surface area contributed by atoms with Crippen molar-refractivity contribution in [3.63, 3.8) is 0 Å². The van der Waals surface area contributed by atoms with Gasteiger partial charge in [0.25, 0.3) is 0 Å². The van der Waals surface area contributed by atoms with Crippen LogP contribution in [0.15, 0.2) is 18.3 Å². The SMILES string of the molecule is CS(=O)(=O)N1CC(Oc2ncccc2C#N)C1. The molecule has 0 aromatic carbocycles. The molecule has 7 heteroatoms. The van der Waals surface area contributed by atoms with Crippen LogP contribution in [-0.2, 0) is 10.0 Å². The van der Waals surface area contributed by atoms with E-state index in [0.29, 0.717) is 18.7 Å². The van der Waals surface area contributed by atoms with Crippen LogP contribution in [0.4, 0.5) is 0 Å². The lowest BCUT2D eigenvalue weighted by Gasteiger charge is -2.36. The van der Waals surface area contributed by atoms with E-state index in [1.807, 2.05) is 6.07 Å². The van der Waals surface area contributed by atoms with Gasteiger partial charge < -0.3 is 4.74 Å². The summed E-state index contributed by atoms with van der Waals surface area (Å²) in [5, 5.41) is 8.83. The predicted octanol–water partition coefficient (Wildman–Crippen LogP) is -0.0241. The van der Waals surface area contributed by atoms with Gasteiger partial charge in [-0.2, -0.15) is 9.57 Å². The summed E-state index contributed by atoms with van der Waals surface area (Å²) in [7, 11) is -3.14. The van der Waals surface area contributed by atoms with E-state index in [4.69, 9.17) is 10.00 Å². The topological polar surface area (TPSA) is 83.3 Å². The molecule has 1 fully saturated rings. The Labute approximate surface area is 99.5 Å². The molecule has 90 valence electrons. The van der Waals surface area contributed by atoms with E-state index in [1.165, 1.54) is 10.5 Å². The molecule has 0 spiro atoms. The van der Waals surface area contributed by atoms with Crippen molar-refractivity contribution in [3.8, 4) is 11.9 Å². The third-order valence-corrected chi connectivity index (χ3v) is 3.69. The minimum Gasteiger partial charge on any atom is -0.471 e. The fourth-order valence-electron chi connectivity index (χ4n) is 1.47. The molecule has 1 saturated heterocycles. The van der Waals surface area contributed by atoms with Gasteiger partial charge >= 0.3 is 0 Å². The van der Waals surface area contributed by atoms with Crippen LogP contribution in [-0.4, -0.2) is 43.2 Å². The molecule has 2 heterocycles. The van der Waals surface area contributed by atoms with Crippen molar-refractivity contribution in [2.75, 3.05) is 19.3 Å². The molecule has 1 aliphatic rings. The van der Waals surface area contributed by atoms with Gasteiger partial charge in [-0.05, 0) is 12.1 Å². The van der Waals surface area contributed by atoms with Crippen molar-refractivity contribution in [1.29, 1.82) is 5.26 Å². The average Bonchev–Trinajstić information content (AvgIpc) is 2.21. The summed E-state index contributed by atoms with van der Waals surface area (Å²) < 4.78 is 29.0. The first-order valence-corrected chi connectivity index (χ1v) is 6.82. The van der Waals surface area contributed by atoms with Crippen LogP contribution in [0.3, 0.4) is 0 Å². The van der Waals surface area contributed by atoms with Crippen LogP contribution in [0.5, 0.6) is 5.88 Å². The maximum absolute atomic E-state index is 11.1. The van der Waals surface area contributed by atoms with Crippen molar-refractivity contribution in [3.05, 3.63) is 23.9 Å². The molecule has 0 bridgehead atoms. The highest BCUT2D eigenvalue weighted by molar-refractivity contribution is 7.88. The van der Waals surface area contributed by atoms with Gasteiger partial charge in [0.1, 0.15) is 17.7 Å². The highest BCUT2D eigenvalue weighted by Crippen LogP contribution is 2.20. The maximum Gasteiger partial charge on any atom is 0.232 e. The normalized spacial score (nSPS) is 17.2. The number of nitriles is 1. The molecular weight excluding hydrogens is 242 g/mol. The van der Waals surface area contributed by atoms with Crippen molar-refractivity contribution in [2.45, 2.75) is 6.10 Å². The molecule has 0 N–H and O–H groups in total. The monoisotopic (exact) mass is 253 g/mol. The van der Waals surface area contributed by atoms with Gasteiger partial charge in [0, 0.05) is 6.20 Å². The minimum absolute atomic E-state index is 0.230. The molecule has 17 heavy (non-hydrogen) atoms. The molecule has 2 rings (SSSR count). The Morgan fingerprint density at radius 2 is 2.29 bits per heavy atom. The quantitative estimate of drug-likeness (QED) is 0.755. The lowest BCUT2D eigenvalue weighted by Crippen LogP contribution is -2.55. The summed E-state index contributed by atoms with van der Waals surface area (Å²) in [5.74, 6) is 0.258. The Bertz CT molecular complexity index is 558. The summed E-state index contributed by atoms with van der Waals surface area (Å²) in [4.78, 5) is 3.95. The van der Waals surface area contributed by atoms with E-state index < -0.39 is 10.0 Å². The van der Waals surface area contributed by atoms with Crippen LogP contribution >= 0.6 is 0 Å². The summed E-state index contributed by atoms with van der Waals surface area (Å²) in [6.45, 7) is 0.612. The third-order valence-electron chi connectivity index (χ3n) is 2.45. The molecule has 0 unspecified atom stereocenters. The zero-order valence-corrected chi connectivity index (χ0v) is 10.0. The largest absolute Gasteiger partial charge is 0.471 e. The average molecular weight is 253 g/mol. The van der Waals surface area contributed by atoms with Crippen molar-refractivity contribution in [1.82, 2.24) is 9.29 Å². The number of ether oxygens (including phenoxy) is 1. The van der Waals surface area contributed by atoms with Crippen LogP contribution in [0.25, 0.3) is 0 Å². The van der Waals surface area contributed by atoms with Gasteiger partial charge in [0.2, 0.25) is 15.9 Å². The Morgan fingerprint density at radius 1 is 1.59 bits per heavy atom. The molecule has 0 atom stereocenters. The van der Waals surface area contributed by atoms with Gasteiger partial charge in [-0.25, -0.2) is 13.4 Å². The second-order valence-corrected chi connectivity index (χ2v) is 5.77. The van der Waals surface area contributed by atoms with Gasteiger partial charge in [0.15, 0.2) is 0 Å². The van der Waals surface area contributed by atoms with E-state index in [9.17, 15) is 8.42 Å². The molecule has 0 saturated carbocycles.